The first-order valence-corrected chi connectivity index (χ1v) is 7.30. The van der Waals surface area contributed by atoms with Gasteiger partial charge in [-0.2, -0.15) is 0 Å². The van der Waals surface area contributed by atoms with Crippen LogP contribution >= 0.6 is 15.9 Å². The molecule has 0 fully saturated rings. The number of ether oxygens (including phenoxy) is 1. The first kappa shape index (κ1) is 17.2. The van der Waals surface area contributed by atoms with Crippen LogP contribution in [-0.4, -0.2) is 29.1 Å². The lowest BCUT2D eigenvalue weighted by atomic mass is 10.2. The number of carbonyl (C=O) groups excluding carboxylic acids is 1. The fourth-order valence-electron chi connectivity index (χ4n) is 1.57. The first-order chi connectivity index (χ1) is 9.95. The third kappa shape index (κ3) is 5.59. The lowest BCUT2D eigenvalue weighted by Gasteiger charge is -2.18. The van der Waals surface area contributed by atoms with E-state index in [1.807, 2.05) is 6.07 Å². The molecule has 1 rings (SSSR count). The van der Waals surface area contributed by atoms with Crippen molar-refractivity contribution in [1.82, 2.24) is 5.32 Å². The van der Waals surface area contributed by atoms with Crippen LogP contribution in [0.5, 0.6) is 5.75 Å². The summed E-state index contributed by atoms with van der Waals surface area (Å²) in [6.07, 6.45) is 2.87. The average Bonchev–Trinajstić information content (AvgIpc) is 2.45. The van der Waals surface area contributed by atoms with Crippen LogP contribution in [0.4, 0.5) is 0 Å². The molecule has 0 saturated heterocycles. The first-order valence-electron chi connectivity index (χ1n) is 6.51. The van der Waals surface area contributed by atoms with Crippen LogP contribution in [0.2, 0.25) is 0 Å². The Labute approximate surface area is 132 Å². The van der Waals surface area contributed by atoms with E-state index in [0.717, 1.165) is 4.47 Å². The summed E-state index contributed by atoms with van der Waals surface area (Å²) in [5.74, 6) is -1.02. The van der Waals surface area contributed by atoms with Crippen molar-refractivity contribution in [2.24, 2.45) is 0 Å². The van der Waals surface area contributed by atoms with Crippen LogP contribution in [0, 0.1) is 0 Å². The number of carboxylic acid groups (broad SMARTS) is 1. The second-order valence-corrected chi connectivity index (χ2v) is 5.25. The van der Waals surface area contributed by atoms with E-state index in [1.54, 1.807) is 44.2 Å². The highest BCUT2D eigenvalue weighted by Gasteiger charge is 2.23. The van der Waals surface area contributed by atoms with Gasteiger partial charge < -0.3 is 15.2 Å². The van der Waals surface area contributed by atoms with E-state index in [4.69, 9.17) is 9.84 Å². The SMILES string of the molecule is C/C=C/CC(NC(=O)C(C)Oc1ccccc1Br)C(=O)O. The van der Waals surface area contributed by atoms with Crippen molar-refractivity contribution in [2.75, 3.05) is 0 Å². The van der Waals surface area contributed by atoms with Crippen LogP contribution in [0.25, 0.3) is 0 Å². The van der Waals surface area contributed by atoms with E-state index in [9.17, 15) is 9.59 Å². The molecule has 5 nitrogen and oxygen atoms in total. The number of aliphatic carboxylic acids is 1. The molecule has 1 amide bonds. The molecule has 6 heteroatoms. The molecule has 0 aromatic heterocycles. The van der Waals surface area contributed by atoms with Gasteiger partial charge in [0, 0.05) is 0 Å². The summed E-state index contributed by atoms with van der Waals surface area (Å²) in [5.41, 5.74) is 0. The van der Waals surface area contributed by atoms with E-state index in [0.29, 0.717) is 5.75 Å². The Morgan fingerprint density at radius 3 is 2.67 bits per heavy atom. The summed E-state index contributed by atoms with van der Waals surface area (Å²) in [6.45, 7) is 3.36. The summed E-state index contributed by atoms with van der Waals surface area (Å²) in [4.78, 5) is 23.1. The number of halogens is 1. The van der Waals surface area contributed by atoms with Crippen molar-refractivity contribution < 1.29 is 19.4 Å². The highest BCUT2D eigenvalue weighted by molar-refractivity contribution is 9.10. The molecule has 0 aliphatic carbocycles. The van der Waals surface area contributed by atoms with Gasteiger partial charge in [0.15, 0.2) is 6.10 Å². The number of nitrogens with one attached hydrogen (secondary N) is 1. The Morgan fingerprint density at radius 1 is 1.43 bits per heavy atom. The van der Waals surface area contributed by atoms with E-state index in [1.165, 1.54) is 0 Å². The van der Waals surface area contributed by atoms with Crippen LogP contribution in [0.1, 0.15) is 20.3 Å². The van der Waals surface area contributed by atoms with E-state index >= 15 is 0 Å². The van der Waals surface area contributed by atoms with Crippen LogP contribution in [0.3, 0.4) is 0 Å². The standard InChI is InChI=1S/C15H18BrNO4/c1-3-4-8-12(15(19)20)17-14(18)10(2)21-13-9-6-5-7-11(13)16/h3-7,9-10,12H,8H2,1-2H3,(H,17,18)(H,19,20)/b4-3+. The maximum atomic E-state index is 12.0. The van der Waals surface area contributed by atoms with E-state index in [-0.39, 0.29) is 6.42 Å². The zero-order valence-corrected chi connectivity index (χ0v) is 13.5. The Balaban J connectivity index is 2.65. The van der Waals surface area contributed by atoms with E-state index in [2.05, 4.69) is 21.2 Å². The van der Waals surface area contributed by atoms with Gasteiger partial charge in [-0.25, -0.2) is 4.79 Å². The predicted octanol–water partition coefficient (Wildman–Crippen LogP) is 2.75. The van der Waals surface area contributed by atoms with Crippen molar-refractivity contribution in [3.8, 4) is 5.75 Å². The number of carbonyl (C=O) groups is 2. The quantitative estimate of drug-likeness (QED) is 0.737. The van der Waals surface area contributed by atoms with Crippen LogP contribution < -0.4 is 10.1 Å². The van der Waals surface area contributed by atoms with Gasteiger partial charge in [0.1, 0.15) is 11.8 Å². The third-order valence-corrected chi connectivity index (χ3v) is 3.39. The molecule has 21 heavy (non-hydrogen) atoms. The highest BCUT2D eigenvalue weighted by Crippen LogP contribution is 2.24. The van der Waals surface area contributed by atoms with Crippen molar-refractivity contribution >= 4 is 27.8 Å². The molecule has 0 heterocycles. The van der Waals surface area contributed by atoms with Gasteiger partial charge in [-0.15, -0.1) is 0 Å². The molecule has 0 radical (unpaired) electrons. The Hall–Kier alpha value is -1.82. The fraction of sp³-hybridized carbons (Fsp3) is 0.333. The van der Waals surface area contributed by atoms with Gasteiger partial charge in [-0.1, -0.05) is 24.3 Å². The van der Waals surface area contributed by atoms with E-state index < -0.39 is 24.0 Å². The van der Waals surface area contributed by atoms with Crippen molar-refractivity contribution in [3.05, 3.63) is 40.9 Å². The zero-order valence-electron chi connectivity index (χ0n) is 11.9. The number of hydrogen-bond acceptors (Lipinski definition) is 3. The molecule has 0 aliphatic heterocycles. The molecule has 2 atom stereocenters. The van der Waals surface area contributed by atoms with Gasteiger partial charge in [-0.3, -0.25) is 4.79 Å². The Bertz CT molecular complexity index is 530. The molecule has 0 aliphatic rings. The lowest BCUT2D eigenvalue weighted by Crippen LogP contribution is -2.46. The van der Waals surface area contributed by atoms with Crippen molar-refractivity contribution in [1.29, 1.82) is 0 Å². The van der Waals surface area contributed by atoms with Crippen molar-refractivity contribution in [3.63, 3.8) is 0 Å². The Kier molecular flexibility index (Phi) is 6.94. The molecular weight excluding hydrogens is 338 g/mol. The number of carboxylic acids is 1. The summed E-state index contributed by atoms with van der Waals surface area (Å²) < 4.78 is 6.25. The number of para-hydroxylation sites is 1. The monoisotopic (exact) mass is 355 g/mol. The molecule has 0 bridgehead atoms. The predicted molar refractivity (Wildman–Crippen MR) is 83.2 cm³/mol. The number of amides is 1. The topological polar surface area (TPSA) is 75.6 Å². The normalized spacial score (nSPS) is 13.7. The zero-order chi connectivity index (χ0) is 15.8. The van der Waals surface area contributed by atoms with Gasteiger partial charge in [0.05, 0.1) is 4.47 Å². The molecule has 2 unspecified atom stereocenters. The molecule has 1 aromatic rings. The smallest absolute Gasteiger partial charge is 0.326 e. The average molecular weight is 356 g/mol. The lowest BCUT2D eigenvalue weighted by molar-refractivity contribution is -0.142. The molecule has 2 N–H and O–H groups in total. The molecule has 0 saturated carbocycles. The number of benzene rings is 1. The molecule has 114 valence electrons. The minimum atomic E-state index is -1.07. The summed E-state index contributed by atoms with van der Waals surface area (Å²) in [7, 11) is 0. The van der Waals surface area contributed by atoms with Gasteiger partial charge >= 0.3 is 5.97 Å². The Morgan fingerprint density at radius 2 is 2.10 bits per heavy atom. The molecule has 1 aromatic carbocycles. The van der Waals surface area contributed by atoms with Gasteiger partial charge in [-0.05, 0) is 48.3 Å². The second kappa shape index (κ2) is 8.46. The third-order valence-electron chi connectivity index (χ3n) is 2.73. The maximum Gasteiger partial charge on any atom is 0.326 e. The minimum absolute atomic E-state index is 0.235. The number of rotatable bonds is 7. The van der Waals surface area contributed by atoms with Gasteiger partial charge in [0.25, 0.3) is 5.91 Å². The summed E-state index contributed by atoms with van der Waals surface area (Å²) >= 11 is 3.32. The molecule has 0 spiro atoms. The minimum Gasteiger partial charge on any atom is -0.480 e. The second-order valence-electron chi connectivity index (χ2n) is 4.39. The van der Waals surface area contributed by atoms with Crippen LogP contribution in [-0.2, 0) is 9.59 Å². The van der Waals surface area contributed by atoms with Crippen molar-refractivity contribution in [2.45, 2.75) is 32.4 Å². The summed E-state index contributed by atoms with van der Waals surface area (Å²) in [6, 6.07) is 6.18. The fourth-order valence-corrected chi connectivity index (χ4v) is 1.95. The van der Waals surface area contributed by atoms with Crippen LogP contribution in [0.15, 0.2) is 40.9 Å². The maximum absolute atomic E-state index is 12.0. The number of hydrogen-bond donors (Lipinski definition) is 2. The highest BCUT2D eigenvalue weighted by atomic mass is 79.9. The summed E-state index contributed by atoms with van der Waals surface area (Å²) in [5, 5.41) is 11.5. The number of allylic oxidation sites excluding steroid dienone is 1. The van der Waals surface area contributed by atoms with Gasteiger partial charge in [0.2, 0.25) is 0 Å². The largest absolute Gasteiger partial charge is 0.480 e. The molecular formula is C15H18BrNO4.